The van der Waals surface area contributed by atoms with E-state index >= 15 is 0 Å². The van der Waals surface area contributed by atoms with E-state index < -0.39 is 29.3 Å². The molecule has 1 N–H and O–H groups in total. The first-order chi connectivity index (χ1) is 21.2. The Hall–Kier alpha value is -0.570. The van der Waals surface area contributed by atoms with E-state index in [0.717, 1.165) is 64.2 Å². The Morgan fingerprint density at radius 1 is 0.800 bits per heavy atom. The van der Waals surface area contributed by atoms with E-state index in [4.69, 9.17) is 0 Å². The van der Waals surface area contributed by atoms with Gasteiger partial charge in [0.15, 0.2) is 0 Å². The maximum atomic E-state index is 12.9. The predicted octanol–water partition coefficient (Wildman–Crippen LogP) is 10.2. The smallest absolute Gasteiger partial charge is 0.393 e. The number of ketones is 1. The van der Waals surface area contributed by atoms with Crippen LogP contribution in [-0.2, 0) is 15.6 Å². The molecule has 0 amide bonds. The van der Waals surface area contributed by atoms with Gasteiger partial charge in [-0.25, -0.2) is 0 Å². The molecule has 0 bridgehead atoms. The summed E-state index contributed by atoms with van der Waals surface area (Å²) in [7, 11) is -1.34. The largest absolute Gasteiger partial charge is 0.453 e. The van der Waals surface area contributed by atoms with E-state index in [9.17, 15) is 36.1 Å². The SMILES string of the molecule is C[C@]12CCC(=O)CC1CC[C@@H]1[C@H]2C(CCCCCCCCCCCCS(=O)CCCC(F)(F)C(F)(F)F)C[C@]2(C)C(O)CC[C@@H]12. The first-order valence-electron chi connectivity index (χ1n) is 18.2. The van der Waals surface area contributed by atoms with Gasteiger partial charge in [-0.2, -0.15) is 22.0 Å². The molecule has 0 aromatic heterocycles. The Bertz CT molecular complexity index is 988. The molecule has 0 spiro atoms. The van der Waals surface area contributed by atoms with Crippen LogP contribution < -0.4 is 0 Å². The van der Waals surface area contributed by atoms with Crippen LogP contribution in [0.5, 0.6) is 0 Å². The summed E-state index contributed by atoms with van der Waals surface area (Å²) < 4.78 is 74.5. The van der Waals surface area contributed by atoms with Gasteiger partial charge in [0.25, 0.3) is 0 Å². The third-order valence-electron chi connectivity index (χ3n) is 13.0. The Balaban J connectivity index is 1.09. The number of alkyl halides is 5. The fourth-order valence-electron chi connectivity index (χ4n) is 10.5. The van der Waals surface area contributed by atoms with Crippen molar-refractivity contribution in [1.82, 2.24) is 0 Å². The number of carbonyl (C=O) groups excluding carboxylic acids is 1. The first kappa shape index (κ1) is 37.3. The first-order valence-corrected chi connectivity index (χ1v) is 19.7. The Morgan fingerprint density at radius 2 is 1.40 bits per heavy atom. The zero-order valence-corrected chi connectivity index (χ0v) is 28.6. The van der Waals surface area contributed by atoms with Gasteiger partial charge in [-0.3, -0.25) is 9.00 Å². The fourth-order valence-corrected chi connectivity index (χ4v) is 11.7. The average molecular weight is 667 g/mol. The molecule has 0 aromatic carbocycles. The Morgan fingerprint density at radius 3 is 2.04 bits per heavy atom. The second-order valence-electron chi connectivity index (χ2n) is 15.9. The lowest BCUT2D eigenvalue weighted by Crippen LogP contribution is -2.57. The maximum Gasteiger partial charge on any atom is 0.453 e. The molecular formula is C36H59F5O3S. The summed E-state index contributed by atoms with van der Waals surface area (Å²) in [4.78, 5) is 12.4. The average Bonchev–Trinajstić information content (AvgIpc) is 3.26. The van der Waals surface area contributed by atoms with Crippen LogP contribution in [0.15, 0.2) is 0 Å². The van der Waals surface area contributed by atoms with Crippen LogP contribution >= 0.6 is 0 Å². The summed E-state index contributed by atoms with van der Waals surface area (Å²) in [6, 6.07) is 0. The molecule has 4 aliphatic rings. The van der Waals surface area contributed by atoms with Crippen LogP contribution in [0.2, 0.25) is 0 Å². The molecule has 9 atom stereocenters. The van der Waals surface area contributed by atoms with E-state index in [0.29, 0.717) is 41.1 Å². The van der Waals surface area contributed by atoms with Crippen molar-refractivity contribution >= 4 is 16.6 Å². The number of carbonyl (C=O) groups is 1. The van der Waals surface area contributed by atoms with Crippen LogP contribution in [0.25, 0.3) is 0 Å². The molecule has 262 valence electrons. The van der Waals surface area contributed by atoms with E-state index in [-0.39, 0.29) is 29.1 Å². The summed E-state index contributed by atoms with van der Waals surface area (Å²) in [5.74, 6) is -0.719. The summed E-state index contributed by atoms with van der Waals surface area (Å²) in [5.41, 5.74) is 0.336. The van der Waals surface area contributed by atoms with Gasteiger partial charge < -0.3 is 5.11 Å². The lowest BCUT2D eigenvalue weighted by molar-refractivity contribution is -0.284. The van der Waals surface area contributed by atoms with Gasteiger partial charge in [0.05, 0.1) is 6.10 Å². The summed E-state index contributed by atoms with van der Waals surface area (Å²) >= 11 is 0. The van der Waals surface area contributed by atoms with Crippen molar-refractivity contribution in [1.29, 1.82) is 0 Å². The van der Waals surface area contributed by atoms with Crippen molar-refractivity contribution < 1.29 is 36.1 Å². The molecule has 0 aliphatic heterocycles. The lowest BCUT2D eigenvalue weighted by Gasteiger charge is -2.62. The molecule has 0 radical (unpaired) electrons. The molecular weight excluding hydrogens is 607 g/mol. The molecule has 3 nitrogen and oxygen atoms in total. The Labute approximate surface area is 271 Å². The molecule has 4 saturated carbocycles. The molecule has 4 rings (SSSR count). The second kappa shape index (κ2) is 15.8. The van der Waals surface area contributed by atoms with E-state index in [1.165, 1.54) is 57.8 Å². The molecule has 0 aromatic rings. The third-order valence-corrected chi connectivity index (χ3v) is 14.5. The molecule has 0 heterocycles. The summed E-state index contributed by atoms with van der Waals surface area (Å²) in [5, 5.41) is 11.1. The number of halogens is 5. The second-order valence-corrected chi connectivity index (χ2v) is 17.6. The molecule has 4 unspecified atom stereocenters. The van der Waals surface area contributed by atoms with Crippen molar-refractivity contribution in [2.24, 2.45) is 40.4 Å². The number of aliphatic hydroxyl groups is 1. The molecule has 4 aliphatic carbocycles. The highest BCUT2D eigenvalue weighted by molar-refractivity contribution is 7.84. The minimum Gasteiger partial charge on any atom is -0.393 e. The number of hydrogen-bond donors (Lipinski definition) is 1. The van der Waals surface area contributed by atoms with Gasteiger partial charge in [0.1, 0.15) is 5.78 Å². The zero-order chi connectivity index (χ0) is 32.9. The maximum absolute atomic E-state index is 12.9. The fraction of sp³-hybridized carbons (Fsp3) is 0.972. The van der Waals surface area contributed by atoms with Gasteiger partial charge in [0.2, 0.25) is 0 Å². The van der Waals surface area contributed by atoms with Gasteiger partial charge >= 0.3 is 12.1 Å². The van der Waals surface area contributed by atoms with Crippen LogP contribution in [0, 0.1) is 40.4 Å². The number of unbranched alkanes of at least 4 members (excludes halogenated alkanes) is 9. The number of aliphatic hydroxyl groups excluding tert-OH is 1. The highest BCUT2D eigenvalue weighted by atomic mass is 32.2. The van der Waals surface area contributed by atoms with Crippen molar-refractivity contribution in [2.75, 3.05) is 11.5 Å². The van der Waals surface area contributed by atoms with Crippen molar-refractivity contribution in [3.05, 3.63) is 0 Å². The van der Waals surface area contributed by atoms with Gasteiger partial charge in [-0.15, -0.1) is 0 Å². The van der Waals surface area contributed by atoms with Crippen LogP contribution in [0.4, 0.5) is 22.0 Å². The van der Waals surface area contributed by atoms with Crippen molar-refractivity contribution in [3.63, 3.8) is 0 Å². The van der Waals surface area contributed by atoms with Crippen LogP contribution in [-0.4, -0.2) is 44.8 Å². The number of fused-ring (bicyclic) bond motifs is 5. The highest BCUT2D eigenvalue weighted by Gasteiger charge is 2.62. The van der Waals surface area contributed by atoms with Crippen molar-refractivity contribution in [2.45, 2.75) is 167 Å². The van der Waals surface area contributed by atoms with Crippen molar-refractivity contribution in [3.8, 4) is 0 Å². The van der Waals surface area contributed by atoms with E-state index in [2.05, 4.69) is 13.8 Å². The minimum atomic E-state index is -5.53. The molecule has 45 heavy (non-hydrogen) atoms. The van der Waals surface area contributed by atoms with Gasteiger partial charge in [-0.05, 0) is 91.8 Å². The topological polar surface area (TPSA) is 54.4 Å². The van der Waals surface area contributed by atoms with Crippen LogP contribution in [0.3, 0.4) is 0 Å². The van der Waals surface area contributed by atoms with E-state index in [1.54, 1.807) is 0 Å². The summed E-state index contributed by atoms with van der Waals surface area (Å²) in [6.45, 7) is 4.90. The number of Topliss-reactive ketones (excluding diaryl/α,β-unsaturated/α-hetero) is 1. The predicted molar refractivity (Wildman–Crippen MR) is 171 cm³/mol. The normalized spacial score (nSPS) is 36.0. The lowest BCUT2D eigenvalue weighted by atomic mass is 9.42. The van der Waals surface area contributed by atoms with Gasteiger partial charge in [-0.1, -0.05) is 78.1 Å². The minimum absolute atomic E-state index is 0.0585. The zero-order valence-electron chi connectivity index (χ0n) is 27.8. The van der Waals surface area contributed by atoms with E-state index in [1.807, 2.05) is 0 Å². The third kappa shape index (κ3) is 8.92. The number of rotatable bonds is 17. The quantitative estimate of drug-likeness (QED) is 0.124. The standard InChI is InChI=1S/C36H59F5O3S/c1-33-21-19-28(42)24-27(33)15-16-29-30-17-18-31(43)34(30,2)25-26(32(29)33)14-11-9-7-5-3-4-6-8-10-12-22-45(44)23-13-20-35(37,38)36(39,40)41/h26-27,29-32,43H,3-25H2,1-2H3/t26?,27?,29-,30-,31?,32+,33-,34-,45?/m0/s1. The monoisotopic (exact) mass is 666 g/mol. The highest BCUT2D eigenvalue weighted by Crippen LogP contribution is 2.68. The summed E-state index contributed by atoms with van der Waals surface area (Å²) in [6.07, 6.45) is 13.3. The molecule has 0 saturated heterocycles. The van der Waals surface area contributed by atoms with Crippen LogP contribution in [0.1, 0.15) is 149 Å². The molecule has 9 heteroatoms. The molecule has 4 fully saturated rings. The van der Waals surface area contributed by atoms with Gasteiger partial charge in [0, 0.05) is 41.6 Å². The Kier molecular flexibility index (Phi) is 13.0. The number of hydrogen-bond acceptors (Lipinski definition) is 3.